The van der Waals surface area contributed by atoms with Crippen LogP contribution in [0.15, 0.2) is 85.5 Å². The highest BCUT2D eigenvalue weighted by molar-refractivity contribution is 5.90. The molecule has 1 aliphatic heterocycles. The van der Waals surface area contributed by atoms with Gasteiger partial charge in [-0.1, -0.05) is 54.6 Å². The SMILES string of the molecule is CC(O)(c1ccccc1)c1cc(-c2c[nH]c3ncc(-c4cnn(C(C=O)N5CCc6ccccc6C5)c4)nc23)nc(N)n1. The second-order valence-electron chi connectivity index (χ2n) is 10.8. The van der Waals surface area contributed by atoms with Crippen LogP contribution in [0.25, 0.3) is 33.7 Å². The van der Waals surface area contributed by atoms with Gasteiger partial charge >= 0.3 is 0 Å². The van der Waals surface area contributed by atoms with Crippen molar-refractivity contribution in [3.63, 3.8) is 0 Å². The number of nitrogens with two attached hydrogens (primary N) is 1. The third kappa shape index (κ3) is 4.84. The van der Waals surface area contributed by atoms with E-state index < -0.39 is 11.8 Å². The standard InChI is InChI=1S/C32H29N9O2/c1-32(43,23-9-3-2-4-10-23)27-13-25(38-31(33)39-27)24-15-34-30-29(24)37-26(16-35-30)22-14-36-41(18-22)28(19-42)40-12-11-20-7-5-6-8-21(20)17-40/h2-10,13-16,18-19,28,43H,11-12,17H2,1H3,(H,34,35)(H2,33,38,39). The van der Waals surface area contributed by atoms with Gasteiger partial charge < -0.3 is 15.8 Å². The number of carbonyl (C=O) groups is 1. The molecule has 2 unspecified atom stereocenters. The van der Waals surface area contributed by atoms with Gasteiger partial charge in [-0.05, 0) is 36.1 Å². The number of nitrogen functional groups attached to an aromatic ring is 1. The van der Waals surface area contributed by atoms with E-state index in [0.717, 1.165) is 24.8 Å². The van der Waals surface area contributed by atoms with Crippen molar-refractivity contribution >= 4 is 23.4 Å². The van der Waals surface area contributed by atoms with Gasteiger partial charge in [0.1, 0.15) is 11.1 Å². The Morgan fingerprint density at radius 2 is 1.81 bits per heavy atom. The van der Waals surface area contributed by atoms with E-state index in [0.29, 0.717) is 45.9 Å². The molecule has 0 amide bonds. The molecule has 4 aromatic heterocycles. The number of nitrogens with zero attached hydrogens (tertiary/aromatic N) is 7. The summed E-state index contributed by atoms with van der Waals surface area (Å²) in [5.41, 5.74) is 11.9. The number of nitrogens with one attached hydrogen (secondary N) is 1. The fourth-order valence-corrected chi connectivity index (χ4v) is 5.66. The lowest BCUT2D eigenvalue weighted by molar-refractivity contribution is -0.116. The number of rotatable bonds is 7. The molecule has 0 fully saturated rings. The Hall–Kier alpha value is -5.26. The van der Waals surface area contributed by atoms with Crippen molar-refractivity contribution in [2.75, 3.05) is 12.3 Å². The Bertz CT molecular complexity index is 1950. The predicted molar refractivity (Wildman–Crippen MR) is 161 cm³/mol. The summed E-state index contributed by atoms with van der Waals surface area (Å²) in [5, 5.41) is 15.9. The van der Waals surface area contributed by atoms with E-state index in [9.17, 15) is 9.90 Å². The molecule has 2 aromatic carbocycles. The molecule has 0 saturated heterocycles. The van der Waals surface area contributed by atoms with Crippen LogP contribution in [0.4, 0.5) is 5.95 Å². The zero-order chi connectivity index (χ0) is 29.6. The average molecular weight is 572 g/mol. The predicted octanol–water partition coefficient (Wildman–Crippen LogP) is 3.87. The van der Waals surface area contributed by atoms with Gasteiger partial charge in [-0.2, -0.15) is 5.10 Å². The number of aromatic amines is 1. The van der Waals surface area contributed by atoms with Crippen molar-refractivity contribution < 1.29 is 9.90 Å². The van der Waals surface area contributed by atoms with Crippen LogP contribution in [0.2, 0.25) is 0 Å². The van der Waals surface area contributed by atoms with Crippen molar-refractivity contribution in [2.45, 2.75) is 31.7 Å². The molecule has 0 saturated carbocycles. The zero-order valence-electron chi connectivity index (χ0n) is 23.4. The molecule has 0 spiro atoms. The van der Waals surface area contributed by atoms with Crippen LogP contribution in [-0.2, 0) is 23.4 Å². The Balaban J connectivity index is 1.21. The molecule has 0 aliphatic carbocycles. The maximum Gasteiger partial charge on any atom is 0.220 e. The number of aromatic nitrogens is 7. The third-order valence-corrected chi connectivity index (χ3v) is 8.06. The number of fused-ring (bicyclic) bond motifs is 2. The second kappa shape index (κ2) is 10.5. The van der Waals surface area contributed by atoms with Gasteiger partial charge in [-0.25, -0.2) is 24.6 Å². The number of hydrogen-bond donors (Lipinski definition) is 3. The lowest BCUT2D eigenvalue weighted by atomic mass is 9.91. The van der Waals surface area contributed by atoms with Crippen LogP contribution in [0.5, 0.6) is 0 Å². The van der Waals surface area contributed by atoms with Gasteiger partial charge in [0.05, 0.1) is 29.5 Å². The fourth-order valence-electron chi connectivity index (χ4n) is 5.66. The number of aliphatic hydroxyl groups is 1. The number of carbonyl (C=O) groups excluding carboxylic acids is 1. The summed E-state index contributed by atoms with van der Waals surface area (Å²) in [5.74, 6) is 0.0312. The summed E-state index contributed by atoms with van der Waals surface area (Å²) in [6.45, 7) is 3.11. The summed E-state index contributed by atoms with van der Waals surface area (Å²) in [6, 6.07) is 19.3. The summed E-state index contributed by atoms with van der Waals surface area (Å²) >= 11 is 0. The first-order valence-electron chi connectivity index (χ1n) is 14.0. The van der Waals surface area contributed by atoms with E-state index >= 15 is 0 Å². The molecule has 6 aromatic rings. The summed E-state index contributed by atoms with van der Waals surface area (Å²) < 4.78 is 1.67. The Morgan fingerprint density at radius 1 is 1.02 bits per heavy atom. The maximum atomic E-state index is 12.2. The summed E-state index contributed by atoms with van der Waals surface area (Å²) in [6.07, 6.45) is 8.19. The smallest absolute Gasteiger partial charge is 0.220 e. The van der Waals surface area contributed by atoms with Crippen molar-refractivity contribution in [1.29, 1.82) is 0 Å². The molecule has 4 N–H and O–H groups in total. The fraction of sp³-hybridized carbons (Fsp3) is 0.188. The van der Waals surface area contributed by atoms with E-state index in [1.165, 1.54) is 11.1 Å². The van der Waals surface area contributed by atoms with E-state index in [4.69, 9.17) is 10.7 Å². The normalized spacial score (nSPS) is 15.6. The second-order valence-corrected chi connectivity index (χ2v) is 10.8. The van der Waals surface area contributed by atoms with Gasteiger partial charge in [0.25, 0.3) is 0 Å². The van der Waals surface area contributed by atoms with Crippen LogP contribution < -0.4 is 5.73 Å². The van der Waals surface area contributed by atoms with Crippen LogP contribution in [-0.4, -0.2) is 57.5 Å². The minimum absolute atomic E-state index is 0.0312. The summed E-state index contributed by atoms with van der Waals surface area (Å²) in [4.78, 5) is 35.8. The molecule has 0 radical (unpaired) electrons. The number of anilines is 1. The highest BCUT2D eigenvalue weighted by Gasteiger charge is 2.29. The van der Waals surface area contributed by atoms with Crippen molar-refractivity contribution in [3.8, 4) is 22.5 Å². The van der Waals surface area contributed by atoms with Crippen molar-refractivity contribution in [2.24, 2.45) is 0 Å². The monoisotopic (exact) mass is 571 g/mol. The highest BCUT2D eigenvalue weighted by Crippen LogP contribution is 2.33. The molecular formula is C32H29N9O2. The zero-order valence-corrected chi connectivity index (χ0v) is 23.4. The van der Waals surface area contributed by atoms with Gasteiger partial charge in [-0.3, -0.25) is 9.69 Å². The average Bonchev–Trinajstić information content (AvgIpc) is 3.69. The molecule has 5 heterocycles. The topological polar surface area (TPSA) is 152 Å². The van der Waals surface area contributed by atoms with Gasteiger partial charge in [0, 0.05) is 36.6 Å². The highest BCUT2D eigenvalue weighted by atomic mass is 16.3. The lowest BCUT2D eigenvalue weighted by Crippen LogP contribution is -2.38. The summed E-state index contributed by atoms with van der Waals surface area (Å²) in [7, 11) is 0. The first-order chi connectivity index (χ1) is 20.9. The van der Waals surface area contributed by atoms with Crippen molar-refractivity contribution in [3.05, 3.63) is 108 Å². The third-order valence-electron chi connectivity index (χ3n) is 8.06. The van der Waals surface area contributed by atoms with Gasteiger partial charge in [0.15, 0.2) is 18.1 Å². The van der Waals surface area contributed by atoms with Crippen LogP contribution in [0, 0.1) is 0 Å². The molecule has 7 rings (SSSR count). The first kappa shape index (κ1) is 26.6. The number of benzene rings is 2. The molecule has 11 heteroatoms. The molecule has 1 aliphatic rings. The minimum Gasteiger partial charge on any atom is -0.379 e. The number of H-pyrrole nitrogens is 1. The molecule has 11 nitrogen and oxygen atoms in total. The van der Waals surface area contributed by atoms with Gasteiger partial charge in [-0.15, -0.1) is 0 Å². The quantitative estimate of drug-likeness (QED) is 0.243. The van der Waals surface area contributed by atoms with Crippen LogP contribution in [0.3, 0.4) is 0 Å². The van der Waals surface area contributed by atoms with Crippen LogP contribution in [0.1, 0.15) is 35.5 Å². The van der Waals surface area contributed by atoms with Crippen molar-refractivity contribution in [1.82, 2.24) is 39.6 Å². The van der Waals surface area contributed by atoms with E-state index in [-0.39, 0.29) is 5.95 Å². The molecule has 43 heavy (non-hydrogen) atoms. The first-order valence-corrected chi connectivity index (χ1v) is 14.0. The minimum atomic E-state index is -1.39. The maximum absolute atomic E-state index is 12.2. The number of aldehydes is 1. The molecular weight excluding hydrogens is 542 g/mol. The Kier molecular flexibility index (Phi) is 6.52. The van der Waals surface area contributed by atoms with E-state index in [2.05, 4.69) is 42.1 Å². The Morgan fingerprint density at radius 3 is 2.63 bits per heavy atom. The van der Waals surface area contributed by atoms with Crippen LogP contribution >= 0.6 is 0 Å². The Labute approximate surface area is 247 Å². The molecule has 2 atom stereocenters. The molecule has 0 bridgehead atoms. The van der Waals surface area contributed by atoms with E-state index in [1.54, 1.807) is 36.3 Å². The molecule has 214 valence electrons. The van der Waals surface area contributed by atoms with E-state index in [1.807, 2.05) is 48.7 Å². The lowest BCUT2D eigenvalue weighted by Gasteiger charge is -2.32. The largest absolute Gasteiger partial charge is 0.379 e. The van der Waals surface area contributed by atoms with Gasteiger partial charge in [0.2, 0.25) is 5.95 Å². The number of hydrogen-bond acceptors (Lipinski definition) is 9.